The number of pyridine rings is 2. The summed E-state index contributed by atoms with van der Waals surface area (Å²) < 4.78 is 6.81. The highest BCUT2D eigenvalue weighted by Crippen LogP contribution is 2.32. The highest BCUT2D eigenvalue weighted by Gasteiger charge is 2.29. The average molecular weight is 372 g/mol. The molecule has 1 aromatic carbocycles. The number of rotatable bonds is 2. The number of hydrogen-bond acceptors (Lipinski definition) is 6. The van der Waals surface area contributed by atoms with Gasteiger partial charge in [-0.3, -0.25) is 19.0 Å². The first-order valence-corrected chi connectivity index (χ1v) is 8.88. The van der Waals surface area contributed by atoms with Crippen molar-refractivity contribution in [2.45, 2.75) is 6.42 Å². The van der Waals surface area contributed by atoms with Gasteiger partial charge < -0.3 is 9.64 Å². The minimum atomic E-state index is -0.251. The average Bonchev–Trinajstić information content (AvgIpc) is 2.73. The van der Waals surface area contributed by atoms with Crippen LogP contribution < -0.4 is 15.2 Å². The van der Waals surface area contributed by atoms with Crippen molar-refractivity contribution in [1.82, 2.24) is 14.4 Å². The molecule has 4 aromatic rings. The molecule has 28 heavy (non-hydrogen) atoms. The van der Waals surface area contributed by atoms with Crippen molar-refractivity contribution in [3.05, 3.63) is 70.8 Å². The molecule has 0 amide bonds. The Bertz CT molecular complexity index is 1310. The molecule has 0 saturated carbocycles. The fourth-order valence-electron chi connectivity index (χ4n) is 3.65. The molecule has 5 rings (SSSR count). The van der Waals surface area contributed by atoms with Crippen molar-refractivity contribution < 1.29 is 9.53 Å². The largest absolute Gasteiger partial charge is 0.493 e. The summed E-state index contributed by atoms with van der Waals surface area (Å²) >= 11 is 0. The summed E-state index contributed by atoms with van der Waals surface area (Å²) in [4.78, 5) is 36.3. The van der Waals surface area contributed by atoms with Crippen LogP contribution in [0.2, 0.25) is 0 Å². The molecule has 7 nitrogen and oxygen atoms in total. The molecular formula is C21H16N4O3. The van der Waals surface area contributed by atoms with Gasteiger partial charge in [0.2, 0.25) is 0 Å². The van der Waals surface area contributed by atoms with Crippen LogP contribution in [0.4, 0.5) is 11.5 Å². The molecule has 0 spiro atoms. The smallest absolute Gasteiger partial charge is 0.263 e. The predicted molar refractivity (Wildman–Crippen MR) is 105 cm³/mol. The lowest BCUT2D eigenvalue weighted by Gasteiger charge is -2.29. The second-order valence-electron chi connectivity index (χ2n) is 6.67. The third-order valence-corrected chi connectivity index (χ3v) is 4.97. The third-order valence-electron chi connectivity index (χ3n) is 4.97. The number of methoxy groups -OCH3 is 1. The Balaban J connectivity index is 1.77. The lowest BCUT2D eigenvalue weighted by atomic mass is 10.0. The summed E-state index contributed by atoms with van der Waals surface area (Å²) in [5.41, 5.74) is 2.23. The molecule has 0 radical (unpaired) electrons. The van der Waals surface area contributed by atoms with E-state index in [2.05, 4.69) is 4.98 Å². The minimum absolute atomic E-state index is 0.0273. The number of fused-ring (bicyclic) bond motifs is 3. The van der Waals surface area contributed by atoms with Crippen LogP contribution in [0.5, 0.6) is 5.75 Å². The van der Waals surface area contributed by atoms with Crippen molar-refractivity contribution in [3.8, 4) is 5.75 Å². The molecular weight excluding hydrogens is 356 g/mol. The second kappa shape index (κ2) is 6.16. The monoisotopic (exact) mass is 372 g/mol. The Labute approximate surface area is 159 Å². The molecule has 3 aromatic heterocycles. The minimum Gasteiger partial charge on any atom is -0.493 e. The van der Waals surface area contributed by atoms with Crippen LogP contribution >= 0.6 is 0 Å². The van der Waals surface area contributed by atoms with Crippen molar-refractivity contribution in [2.24, 2.45) is 0 Å². The molecule has 0 fully saturated rings. The van der Waals surface area contributed by atoms with E-state index < -0.39 is 0 Å². The Morgan fingerprint density at radius 1 is 1.11 bits per heavy atom. The van der Waals surface area contributed by atoms with Crippen LogP contribution in [-0.4, -0.2) is 33.8 Å². The van der Waals surface area contributed by atoms with Crippen LogP contribution in [-0.2, 0) is 11.2 Å². The normalized spacial score (nSPS) is 13.8. The molecule has 0 bridgehead atoms. The molecule has 4 heterocycles. The van der Waals surface area contributed by atoms with Gasteiger partial charge in [0.25, 0.3) is 5.56 Å². The maximum Gasteiger partial charge on any atom is 0.263 e. The van der Waals surface area contributed by atoms with Gasteiger partial charge in [-0.05, 0) is 36.4 Å². The maximum atomic E-state index is 13.1. The maximum absolute atomic E-state index is 13.1. The molecule has 7 heteroatoms. The topological polar surface area (TPSA) is 76.8 Å². The van der Waals surface area contributed by atoms with Crippen LogP contribution in [0, 0.1) is 0 Å². The number of aromatic nitrogens is 3. The zero-order chi connectivity index (χ0) is 19.3. The molecule has 0 aliphatic carbocycles. The number of benzene rings is 1. The molecule has 1 aliphatic heterocycles. The molecule has 1 aliphatic rings. The Hall–Kier alpha value is -3.74. The van der Waals surface area contributed by atoms with E-state index in [1.54, 1.807) is 36.5 Å². The molecule has 0 N–H and O–H groups in total. The fourth-order valence-corrected chi connectivity index (χ4v) is 3.65. The highest BCUT2D eigenvalue weighted by atomic mass is 16.5. The first-order valence-electron chi connectivity index (χ1n) is 8.88. The second-order valence-corrected chi connectivity index (χ2v) is 6.67. The number of ether oxygens (including phenoxy) is 1. The van der Waals surface area contributed by atoms with Gasteiger partial charge in [-0.25, -0.2) is 4.98 Å². The van der Waals surface area contributed by atoms with Crippen molar-refractivity contribution in [2.75, 3.05) is 18.6 Å². The van der Waals surface area contributed by atoms with Gasteiger partial charge in [0.05, 0.1) is 24.7 Å². The van der Waals surface area contributed by atoms with Crippen LogP contribution in [0.1, 0.15) is 5.56 Å². The standard InChI is InChI=1S/C21H16N4O3/c1-28-18-5-3-9-24-20(18)23-19-16(21(24)27)11-15(26)12-25(19)14-6-7-17-13(10-14)4-2-8-22-17/h2-10H,11-12H2,1H3. The van der Waals surface area contributed by atoms with Gasteiger partial charge in [-0.15, -0.1) is 0 Å². The number of carbonyl (C=O) groups excluding carboxylic acids is 1. The van der Waals surface area contributed by atoms with Gasteiger partial charge in [0.1, 0.15) is 5.82 Å². The van der Waals surface area contributed by atoms with Crippen LogP contribution in [0.15, 0.2) is 59.7 Å². The lowest BCUT2D eigenvalue weighted by molar-refractivity contribution is -0.117. The van der Waals surface area contributed by atoms with E-state index in [4.69, 9.17) is 9.72 Å². The van der Waals surface area contributed by atoms with E-state index in [9.17, 15) is 9.59 Å². The zero-order valence-corrected chi connectivity index (χ0v) is 15.1. The molecule has 138 valence electrons. The van der Waals surface area contributed by atoms with E-state index in [0.29, 0.717) is 22.8 Å². The number of nitrogens with zero attached hydrogens (tertiary/aromatic N) is 4. The van der Waals surface area contributed by atoms with E-state index in [0.717, 1.165) is 16.6 Å². The van der Waals surface area contributed by atoms with Gasteiger partial charge in [-0.2, -0.15) is 0 Å². The Morgan fingerprint density at radius 2 is 2.00 bits per heavy atom. The number of Topliss-reactive ketones (excluding diaryl/α,β-unsaturated/α-hetero) is 1. The van der Waals surface area contributed by atoms with Gasteiger partial charge >= 0.3 is 0 Å². The number of hydrogen-bond donors (Lipinski definition) is 0. The number of carbonyl (C=O) groups is 1. The SMILES string of the molecule is COc1cccn2c(=O)c3c(nc12)N(c1ccc2ncccc2c1)CC(=O)C3. The van der Waals surface area contributed by atoms with Crippen molar-refractivity contribution in [1.29, 1.82) is 0 Å². The first kappa shape index (κ1) is 16.4. The summed E-state index contributed by atoms with van der Waals surface area (Å²) in [6.07, 6.45) is 3.45. The summed E-state index contributed by atoms with van der Waals surface area (Å²) in [7, 11) is 1.54. The summed E-state index contributed by atoms with van der Waals surface area (Å²) in [6.45, 7) is 0.163. The van der Waals surface area contributed by atoms with Crippen LogP contribution in [0.3, 0.4) is 0 Å². The van der Waals surface area contributed by atoms with Gasteiger partial charge in [0, 0.05) is 29.9 Å². The summed E-state index contributed by atoms with van der Waals surface area (Å²) in [6, 6.07) is 13.1. The van der Waals surface area contributed by atoms with E-state index >= 15 is 0 Å². The van der Waals surface area contributed by atoms with Crippen molar-refractivity contribution >= 4 is 33.8 Å². The fraction of sp³-hybridized carbons (Fsp3) is 0.143. The molecule has 0 unspecified atom stereocenters. The van der Waals surface area contributed by atoms with E-state index in [-0.39, 0.29) is 24.3 Å². The molecule has 0 atom stereocenters. The van der Waals surface area contributed by atoms with Crippen LogP contribution in [0.25, 0.3) is 16.6 Å². The zero-order valence-electron chi connectivity index (χ0n) is 15.1. The van der Waals surface area contributed by atoms with Gasteiger partial charge in [-0.1, -0.05) is 6.07 Å². The highest BCUT2D eigenvalue weighted by molar-refractivity contribution is 5.94. The van der Waals surface area contributed by atoms with E-state index in [1.807, 2.05) is 30.3 Å². The third kappa shape index (κ3) is 2.44. The van der Waals surface area contributed by atoms with Gasteiger partial charge in [0.15, 0.2) is 17.2 Å². The summed E-state index contributed by atoms with van der Waals surface area (Å²) in [5.74, 6) is 0.972. The van der Waals surface area contributed by atoms with Crippen molar-refractivity contribution in [3.63, 3.8) is 0 Å². The number of ketones is 1. The quantitative estimate of drug-likeness (QED) is 0.538. The molecule has 0 saturated heterocycles. The predicted octanol–water partition coefficient (Wildman–Crippen LogP) is 2.51. The Morgan fingerprint density at radius 3 is 2.86 bits per heavy atom. The number of anilines is 2. The lowest BCUT2D eigenvalue weighted by Crippen LogP contribution is -2.37. The summed E-state index contributed by atoms with van der Waals surface area (Å²) in [5, 5.41) is 0.953. The Kier molecular flexibility index (Phi) is 3.61. The first-order chi connectivity index (χ1) is 13.7. The van der Waals surface area contributed by atoms with E-state index in [1.165, 1.54) is 4.40 Å².